The van der Waals surface area contributed by atoms with Gasteiger partial charge in [0.2, 0.25) is 0 Å². The average Bonchev–Trinajstić information content (AvgIpc) is 3.83. The van der Waals surface area contributed by atoms with E-state index in [-0.39, 0.29) is 10.8 Å². The molecular formula is C56H41N. The Labute approximate surface area is 334 Å². The zero-order chi connectivity index (χ0) is 37.9. The quantitative estimate of drug-likeness (QED) is 0.174. The van der Waals surface area contributed by atoms with Crippen molar-refractivity contribution in [3.63, 3.8) is 0 Å². The lowest BCUT2D eigenvalue weighted by Crippen LogP contribution is -2.27. The average molecular weight is 728 g/mol. The second-order valence-corrected chi connectivity index (χ2v) is 16.7. The van der Waals surface area contributed by atoms with E-state index in [1.165, 1.54) is 106 Å². The number of nitrogens with zero attached hydrogens (tertiary/aromatic N) is 1. The van der Waals surface area contributed by atoms with Crippen molar-refractivity contribution in [2.45, 2.75) is 37.5 Å². The van der Waals surface area contributed by atoms with Crippen LogP contribution in [0.4, 0.5) is 17.1 Å². The molecule has 0 heterocycles. The molecule has 1 nitrogen and oxygen atoms in total. The maximum Gasteiger partial charge on any atom is 0.0722 e. The summed E-state index contributed by atoms with van der Waals surface area (Å²) in [6.07, 6.45) is 6.91. The molecule has 0 aliphatic heterocycles. The Balaban J connectivity index is 1.20. The van der Waals surface area contributed by atoms with Gasteiger partial charge in [-0.25, -0.2) is 0 Å². The lowest BCUT2D eigenvalue weighted by Gasteiger charge is -2.34. The molecule has 0 saturated heterocycles. The molecule has 0 bridgehead atoms. The molecule has 8 aromatic carbocycles. The van der Waals surface area contributed by atoms with Crippen LogP contribution in [0.5, 0.6) is 0 Å². The zero-order valence-corrected chi connectivity index (χ0v) is 32.3. The Morgan fingerprint density at radius 3 is 1.86 bits per heavy atom. The first-order valence-corrected chi connectivity index (χ1v) is 20.4. The second kappa shape index (κ2) is 11.9. The molecule has 1 spiro atoms. The molecule has 12 rings (SSSR count). The van der Waals surface area contributed by atoms with Crippen molar-refractivity contribution in [2.24, 2.45) is 0 Å². The van der Waals surface area contributed by atoms with Crippen molar-refractivity contribution in [3.05, 3.63) is 227 Å². The first kappa shape index (κ1) is 32.5. The van der Waals surface area contributed by atoms with Crippen LogP contribution >= 0.6 is 0 Å². The fraction of sp³-hybridized carbons (Fsp3) is 0.107. The van der Waals surface area contributed by atoms with Gasteiger partial charge in [-0.3, -0.25) is 0 Å². The molecular weight excluding hydrogens is 687 g/mol. The van der Waals surface area contributed by atoms with Crippen LogP contribution in [-0.4, -0.2) is 0 Å². The van der Waals surface area contributed by atoms with Crippen molar-refractivity contribution >= 4 is 33.4 Å². The third kappa shape index (κ3) is 4.29. The fourth-order valence-electron chi connectivity index (χ4n) is 11.2. The highest BCUT2D eigenvalue weighted by Gasteiger charge is 2.53. The first-order valence-electron chi connectivity index (χ1n) is 20.4. The third-order valence-corrected chi connectivity index (χ3v) is 13.6. The molecule has 4 aliphatic carbocycles. The van der Waals surface area contributed by atoms with E-state index in [4.69, 9.17) is 0 Å². The maximum absolute atomic E-state index is 2.61. The van der Waals surface area contributed by atoms with Gasteiger partial charge in [0.15, 0.2) is 0 Å². The summed E-state index contributed by atoms with van der Waals surface area (Å²) < 4.78 is 0. The number of fused-ring (bicyclic) bond motifs is 13. The van der Waals surface area contributed by atoms with E-state index in [0.29, 0.717) is 0 Å². The van der Waals surface area contributed by atoms with Crippen molar-refractivity contribution in [1.29, 1.82) is 0 Å². The largest absolute Gasteiger partial charge is 0.309 e. The number of anilines is 3. The van der Waals surface area contributed by atoms with E-state index in [1.54, 1.807) is 0 Å². The number of hydrogen-bond acceptors (Lipinski definition) is 1. The summed E-state index contributed by atoms with van der Waals surface area (Å²) in [5.74, 6) is 0. The van der Waals surface area contributed by atoms with Gasteiger partial charge >= 0.3 is 0 Å². The number of benzene rings is 8. The highest BCUT2D eigenvalue weighted by atomic mass is 15.1. The van der Waals surface area contributed by atoms with Gasteiger partial charge in [-0.2, -0.15) is 0 Å². The zero-order valence-electron chi connectivity index (χ0n) is 32.3. The van der Waals surface area contributed by atoms with E-state index in [2.05, 4.69) is 207 Å². The molecule has 0 radical (unpaired) electrons. The predicted molar refractivity (Wildman–Crippen MR) is 239 cm³/mol. The van der Waals surface area contributed by atoms with Gasteiger partial charge in [0.05, 0.1) is 16.8 Å². The van der Waals surface area contributed by atoms with Crippen LogP contribution in [-0.2, 0) is 10.8 Å². The maximum atomic E-state index is 2.61. The summed E-state index contributed by atoms with van der Waals surface area (Å²) in [5, 5.41) is 2.49. The van der Waals surface area contributed by atoms with E-state index in [0.717, 1.165) is 12.8 Å². The minimum absolute atomic E-state index is 0.136. The summed E-state index contributed by atoms with van der Waals surface area (Å²) in [6, 6.07) is 66.3. The normalized spacial score (nSPS) is 15.9. The SMILES string of the molecule is CC1(C)c2ccccc2-c2ccc(N(c3cccc4c3C3=C(C=CCC3)C43c4ccccc4-c4ccccc43)c3ccc4ccccc4c3-c3ccccc3)cc21. The number of rotatable bonds is 4. The number of allylic oxidation sites excluding steroid dienone is 4. The summed E-state index contributed by atoms with van der Waals surface area (Å²) in [5.41, 5.74) is 22.1. The van der Waals surface area contributed by atoms with Gasteiger partial charge in [0.25, 0.3) is 0 Å². The van der Waals surface area contributed by atoms with Crippen molar-refractivity contribution in [1.82, 2.24) is 0 Å². The minimum Gasteiger partial charge on any atom is -0.309 e. The van der Waals surface area contributed by atoms with Crippen LogP contribution in [0.1, 0.15) is 60.1 Å². The van der Waals surface area contributed by atoms with Gasteiger partial charge in [-0.05, 0) is 115 Å². The van der Waals surface area contributed by atoms with E-state index in [9.17, 15) is 0 Å². The molecule has 4 aliphatic rings. The Morgan fingerprint density at radius 1 is 0.474 bits per heavy atom. The molecule has 0 atom stereocenters. The summed E-state index contributed by atoms with van der Waals surface area (Å²) in [4.78, 5) is 2.61. The monoisotopic (exact) mass is 727 g/mol. The Hall–Kier alpha value is -6.70. The second-order valence-electron chi connectivity index (χ2n) is 16.7. The summed E-state index contributed by atoms with van der Waals surface area (Å²) in [7, 11) is 0. The molecule has 0 N–H and O–H groups in total. The standard InChI is InChI=1S/C56H41N/c1-55(2)45-25-12-8-21-40(45)43-33-32-38(35-50(43)55)57(52-34-31-36-17-6-7-20-39(36)53(52)37-18-4-3-5-19-37)51-30-16-29-49-54(51)44-24-11-15-28-48(44)56(49)46-26-13-9-22-41(46)42-23-10-14-27-47(42)56/h3-10,12-23,25-35H,11,24H2,1-2H3. The van der Waals surface area contributed by atoms with Crippen LogP contribution in [0.3, 0.4) is 0 Å². The molecule has 0 fully saturated rings. The molecule has 0 unspecified atom stereocenters. The molecule has 0 amide bonds. The summed E-state index contributed by atoms with van der Waals surface area (Å²) >= 11 is 0. The Morgan fingerprint density at radius 2 is 1.09 bits per heavy atom. The Kier molecular flexibility index (Phi) is 6.79. The minimum atomic E-state index is -0.385. The summed E-state index contributed by atoms with van der Waals surface area (Å²) in [6.45, 7) is 4.78. The predicted octanol–water partition coefficient (Wildman–Crippen LogP) is 14.7. The van der Waals surface area contributed by atoms with E-state index >= 15 is 0 Å². The van der Waals surface area contributed by atoms with Gasteiger partial charge < -0.3 is 4.90 Å². The Bertz CT molecular complexity index is 3000. The molecule has 57 heavy (non-hydrogen) atoms. The smallest absolute Gasteiger partial charge is 0.0722 e. The third-order valence-electron chi connectivity index (χ3n) is 13.6. The lowest BCUT2D eigenvalue weighted by atomic mass is 9.69. The molecule has 0 aromatic heterocycles. The van der Waals surface area contributed by atoms with Crippen LogP contribution in [0.25, 0.3) is 49.7 Å². The first-order chi connectivity index (χ1) is 28.1. The van der Waals surface area contributed by atoms with Gasteiger partial charge in [0, 0.05) is 22.2 Å². The van der Waals surface area contributed by atoms with Gasteiger partial charge in [-0.15, -0.1) is 0 Å². The highest BCUT2D eigenvalue weighted by Crippen LogP contribution is 2.65. The van der Waals surface area contributed by atoms with Crippen molar-refractivity contribution in [3.8, 4) is 33.4 Å². The van der Waals surface area contributed by atoms with Crippen LogP contribution in [0.15, 0.2) is 194 Å². The van der Waals surface area contributed by atoms with Gasteiger partial charge in [0.1, 0.15) is 0 Å². The topological polar surface area (TPSA) is 3.24 Å². The highest BCUT2D eigenvalue weighted by molar-refractivity contribution is 6.07. The molecule has 0 saturated carbocycles. The van der Waals surface area contributed by atoms with Crippen LogP contribution in [0, 0.1) is 0 Å². The number of hydrogen-bond donors (Lipinski definition) is 0. The lowest BCUT2D eigenvalue weighted by molar-refractivity contribution is 0.660. The van der Waals surface area contributed by atoms with E-state index in [1.807, 2.05) is 0 Å². The van der Waals surface area contributed by atoms with Crippen molar-refractivity contribution < 1.29 is 0 Å². The fourth-order valence-corrected chi connectivity index (χ4v) is 11.2. The van der Waals surface area contributed by atoms with Crippen molar-refractivity contribution in [2.75, 3.05) is 4.90 Å². The molecule has 270 valence electrons. The molecule has 8 aromatic rings. The molecule has 1 heteroatoms. The van der Waals surface area contributed by atoms with Gasteiger partial charge in [-0.1, -0.05) is 178 Å². The van der Waals surface area contributed by atoms with Crippen LogP contribution in [0.2, 0.25) is 0 Å². The van der Waals surface area contributed by atoms with E-state index < -0.39 is 0 Å². The van der Waals surface area contributed by atoms with Crippen LogP contribution < -0.4 is 4.90 Å².